The molecule has 1 amide bonds. The first-order valence-electron chi connectivity index (χ1n) is 8.23. The van der Waals surface area contributed by atoms with Gasteiger partial charge in [0, 0.05) is 24.8 Å². The number of carbonyl (C=O) groups is 2. The molecule has 0 radical (unpaired) electrons. The third-order valence-electron chi connectivity index (χ3n) is 6.41. The van der Waals surface area contributed by atoms with Gasteiger partial charge in [-0.15, -0.1) is 0 Å². The Labute approximate surface area is 134 Å². The van der Waals surface area contributed by atoms with E-state index in [4.69, 9.17) is 9.47 Å². The fourth-order valence-corrected chi connectivity index (χ4v) is 5.48. The van der Waals surface area contributed by atoms with E-state index >= 15 is 0 Å². The van der Waals surface area contributed by atoms with Crippen molar-refractivity contribution < 1.29 is 19.1 Å². The maximum absolute atomic E-state index is 12.7. The van der Waals surface area contributed by atoms with Crippen molar-refractivity contribution in [3.8, 4) is 11.5 Å². The molecule has 2 aliphatic heterocycles. The normalized spacial score (nSPS) is 36.3. The van der Waals surface area contributed by atoms with E-state index in [1.54, 1.807) is 14.2 Å². The van der Waals surface area contributed by atoms with Crippen molar-refractivity contribution >= 4 is 11.7 Å². The third kappa shape index (κ3) is 1.35. The first-order valence-corrected chi connectivity index (χ1v) is 8.23. The number of fused-ring (bicyclic) bond motifs is 2. The quantitative estimate of drug-likeness (QED) is 0.831. The fourth-order valence-electron chi connectivity index (χ4n) is 5.48. The van der Waals surface area contributed by atoms with Crippen LogP contribution in [0.1, 0.15) is 24.0 Å². The highest BCUT2D eigenvalue weighted by Crippen LogP contribution is 2.70. The molecule has 1 aromatic carbocycles. The number of methoxy groups -OCH3 is 2. The molecule has 0 unspecified atom stereocenters. The van der Waals surface area contributed by atoms with Crippen LogP contribution in [0.3, 0.4) is 0 Å². The molecule has 1 aromatic rings. The van der Waals surface area contributed by atoms with Crippen LogP contribution in [0.4, 0.5) is 0 Å². The molecule has 5 heteroatoms. The molecule has 1 saturated heterocycles. The Balaban J connectivity index is 1.72. The molecule has 5 rings (SSSR count). The average molecular weight is 313 g/mol. The molecular formula is C18H19NO4. The van der Waals surface area contributed by atoms with E-state index in [9.17, 15) is 9.59 Å². The monoisotopic (exact) mass is 313 g/mol. The summed E-state index contributed by atoms with van der Waals surface area (Å²) in [5.41, 5.74) is 2.12. The lowest BCUT2D eigenvalue weighted by Gasteiger charge is -2.48. The summed E-state index contributed by atoms with van der Waals surface area (Å²) in [7, 11) is 3.28. The van der Waals surface area contributed by atoms with Crippen LogP contribution in [0.15, 0.2) is 12.1 Å². The molecule has 0 N–H and O–H groups in total. The molecule has 3 fully saturated rings. The average Bonchev–Trinajstić information content (AvgIpc) is 3.28. The summed E-state index contributed by atoms with van der Waals surface area (Å²) in [6, 6.07) is 4.09. The number of hydrogen-bond acceptors (Lipinski definition) is 4. The molecule has 2 aliphatic carbocycles. The van der Waals surface area contributed by atoms with Gasteiger partial charge < -0.3 is 14.4 Å². The van der Waals surface area contributed by atoms with Gasteiger partial charge in [-0.25, -0.2) is 0 Å². The van der Waals surface area contributed by atoms with Gasteiger partial charge in [-0.2, -0.15) is 0 Å². The van der Waals surface area contributed by atoms with Gasteiger partial charge in [-0.05, 0) is 36.1 Å². The Morgan fingerprint density at radius 2 is 1.83 bits per heavy atom. The number of ketones is 1. The largest absolute Gasteiger partial charge is 0.493 e. The van der Waals surface area contributed by atoms with Crippen molar-refractivity contribution in [2.45, 2.75) is 24.8 Å². The Morgan fingerprint density at radius 1 is 1.09 bits per heavy atom. The summed E-state index contributed by atoms with van der Waals surface area (Å²) >= 11 is 0. The van der Waals surface area contributed by atoms with E-state index in [1.165, 1.54) is 11.1 Å². The summed E-state index contributed by atoms with van der Waals surface area (Å²) in [5.74, 6) is 1.98. The van der Waals surface area contributed by atoms with Crippen LogP contribution in [0.25, 0.3) is 0 Å². The van der Waals surface area contributed by atoms with Gasteiger partial charge in [0.1, 0.15) is 5.78 Å². The van der Waals surface area contributed by atoms with Gasteiger partial charge in [0.2, 0.25) is 5.91 Å². The molecule has 2 heterocycles. The highest BCUT2D eigenvalue weighted by atomic mass is 16.5. The second-order valence-corrected chi connectivity index (χ2v) is 7.07. The number of ether oxygens (including phenoxy) is 2. The second kappa shape index (κ2) is 4.08. The van der Waals surface area contributed by atoms with Crippen molar-refractivity contribution in [1.82, 2.24) is 4.90 Å². The van der Waals surface area contributed by atoms with Crippen LogP contribution in [0, 0.1) is 17.8 Å². The lowest BCUT2D eigenvalue weighted by molar-refractivity contribution is -0.142. The predicted molar refractivity (Wildman–Crippen MR) is 81.4 cm³/mol. The number of piperidine rings is 1. The maximum atomic E-state index is 12.7. The minimum absolute atomic E-state index is 0.0356. The van der Waals surface area contributed by atoms with Crippen molar-refractivity contribution in [3.63, 3.8) is 0 Å². The highest BCUT2D eigenvalue weighted by Gasteiger charge is 2.78. The van der Waals surface area contributed by atoms with Crippen molar-refractivity contribution in [3.05, 3.63) is 23.3 Å². The number of nitrogens with zero attached hydrogens (tertiary/aromatic N) is 1. The van der Waals surface area contributed by atoms with Crippen LogP contribution in [0.2, 0.25) is 0 Å². The summed E-state index contributed by atoms with van der Waals surface area (Å²) in [4.78, 5) is 27.0. The Bertz CT molecular complexity index is 758. The fraction of sp³-hybridized carbons (Fsp3) is 0.556. The van der Waals surface area contributed by atoms with Crippen LogP contribution in [-0.2, 0) is 21.5 Å². The summed E-state index contributed by atoms with van der Waals surface area (Å²) in [6.45, 7) is 0.745. The summed E-state index contributed by atoms with van der Waals surface area (Å²) in [5, 5.41) is 0. The zero-order valence-electron chi connectivity index (χ0n) is 13.3. The van der Waals surface area contributed by atoms with Gasteiger partial charge in [0.15, 0.2) is 11.5 Å². The molecule has 5 nitrogen and oxygen atoms in total. The van der Waals surface area contributed by atoms with Crippen LogP contribution in [0.5, 0.6) is 11.5 Å². The van der Waals surface area contributed by atoms with E-state index in [-0.39, 0.29) is 35.0 Å². The summed E-state index contributed by atoms with van der Waals surface area (Å²) in [6.07, 6.45) is 2.16. The van der Waals surface area contributed by atoms with E-state index < -0.39 is 0 Å². The third-order valence-corrected chi connectivity index (χ3v) is 6.41. The van der Waals surface area contributed by atoms with Gasteiger partial charge in [-0.1, -0.05) is 0 Å². The zero-order valence-corrected chi connectivity index (χ0v) is 13.3. The standard InChI is InChI=1S/C18H19NO4/c1-22-12-7-9-4-6-19-17(21)15-14-11(20)3-5-18(19,16(14)15)10(9)8-13(12)23-2/h7-8,14-16H,3-6H2,1-2H3/t14-,15+,16-,18+/m0/s1. The molecule has 120 valence electrons. The number of Topliss-reactive ketones (excluding diaryl/α,β-unsaturated/α-hetero) is 1. The lowest BCUT2D eigenvalue weighted by Crippen LogP contribution is -2.54. The zero-order chi connectivity index (χ0) is 15.9. The SMILES string of the molecule is COc1cc2c(cc1OC)[C@@]13CCC(=O)[C@H]4[C@@H](C(=O)N1CC2)[C@H]43. The maximum Gasteiger partial charge on any atom is 0.227 e. The topological polar surface area (TPSA) is 55.8 Å². The molecule has 0 aromatic heterocycles. The number of amides is 1. The van der Waals surface area contributed by atoms with Gasteiger partial charge >= 0.3 is 0 Å². The van der Waals surface area contributed by atoms with Crippen LogP contribution >= 0.6 is 0 Å². The number of carbonyl (C=O) groups excluding carboxylic acids is 2. The van der Waals surface area contributed by atoms with Gasteiger partial charge in [0.05, 0.1) is 25.7 Å². The summed E-state index contributed by atoms with van der Waals surface area (Å²) < 4.78 is 10.9. The number of rotatable bonds is 2. The van der Waals surface area contributed by atoms with Crippen LogP contribution < -0.4 is 9.47 Å². The predicted octanol–water partition coefficient (Wildman–Crippen LogP) is 1.52. The van der Waals surface area contributed by atoms with E-state index in [0.717, 1.165) is 25.1 Å². The Hall–Kier alpha value is -2.04. The lowest BCUT2D eigenvalue weighted by atomic mass is 9.71. The van der Waals surface area contributed by atoms with Gasteiger partial charge in [-0.3, -0.25) is 9.59 Å². The van der Waals surface area contributed by atoms with E-state index in [2.05, 4.69) is 4.90 Å². The minimum atomic E-state index is -0.284. The molecule has 4 atom stereocenters. The molecule has 1 spiro atoms. The molecular weight excluding hydrogens is 294 g/mol. The molecule has 4 aliphatic rings. The highest BCUT2D eigenvalue weighted by molar-refractivity contribution is 6.00. The molecule has 0 bridgehead atoms. The number of hydrogen-bond donors (Lipinski definition) is 0. The van der Waals surface area contributed by atoms with Crippen molar-refractivity contribution in [2.75, 3.05) is 20.8 Å². The Morgan fingerprint density at radius 3 is 2.57 bits per heavy atom. The van der Waals surface area contributed by atoms with Crippen molar-refractivity contribution in [1.29, 1.82) is 0 Å². The molecule has 23 heavy (non-hydrogen) atoms. The second-order valence-electron chi connectivity index (χ2n) is 7.07. The number of benzene rings is 1. The first-order chi connectivity index (χ1) is 11.1. The van der Waals surface area contributed by atoms with Gasteiger partial charge in [0.25, 0.3) is 0 Å². The van der Waals surface area contributed by atoms with Crippen molar-refractivity contribution in [2.24, 2.45) is 17.8 Å². The smallest absolute Gasteiger partial charge is 0.227 e. The van der Waals surface area contributed by atoms with Crippen LogP contribution in [-0.4, -0.2) is 37.4 Å². The molecule has 2 saturated carbocycles. The minimum Gasteiger partial charge on any atom is -0.493 e. The van der Waals surface area contributed by atoms with E-state index in [0.29, 0.717) is 12.2 Å². The first kappa shape index (κ1) is 13.4. The Kier molecular flexibility index (Phi) is 2.37. The van der Waals surface area contributed by atoms with E-state index in [1.807, 2.05) is 12.1 Å².